The molecule has 2 amide bonds. The summed E-state index contributed by atoms with van der Waals surface area (Å²) in [6, 6.07) is 0.484. The highest BCUT2D eigenvalue weighted by molar-refractivity contribution is 5.72. The Bertz CT molecular complexity index is 383. The van der Waals surface area contributed by atoms with Gasteiger partial charge in [0.15, 0.2) is 0 Å². The van der Waals surface area contributed by atoms with Gasteiger partial charge in [0.05, 0.1) is 7.11 Å². The van der Waals surface area contributed by atoms with Gasteiger partial charge < -0.3 is 20.7 Å². The minimum atomic E-state index is -0.363. The second kappa shape index (κ2) is 8.36. The zero-order valence-corrected chi connectivity index (χ0v) is 13.6. The first kappa shape index (κ1) is 17.1. The molecule has 1 aliphatic carbocycles. The number of amides is 2. The highest BCUT2D eigenvalue weighted by atomic mass is 16.5. The molecule has 1 heterocycles. The maximum Gasteiger partial charge on any atom is 0.314 e. The molecule has 2 unspecified atom stereocenters. The molecule has 1 aliphatic heterocycles. The monoisotopic (exact) mass is 311 g/mol. The lowest BCUT2D eigenvalue weighted by Crippen LogP contribution is -2.55. The second-order valence-corrected chi connectivity index (χ2v) is 6.66. The molecule has 1 saturated carbocycles. The Balaban J connectivity index is 1.87. The average Bonchev–Trinajstić information content (AvgIpc) is 2.53. The number of urea groups is 1. The molecule has 3 N–H and O–H groups in total. The Morgan fingerprint density at radius 1 is 1.18 bits per heavy atom. The van der Waals surface area contributed by atoms with E-state index in [1.165, 1.54) is 39.2 Å². The van der Waals surface area contributed by atoms with Gasteiger partial charge in [0, 0.05) is 31.6 Å². The minimum absolute atomic E-state index is 0.187. The molecule has 2 atom stereocenters. The van der Waals surface area contributed by atoms with E-state index in [4.69, 9.17) is 10.5 Å². The Hall–Kier alpha value is -1.30. The fourth-order valence-corrected chi connectivity index (χ4v) is 3.74. The molecule has 0 radical (unpaired) electrons. The molecule has 2 fully saturated rings. The van der Waals surface area contributed by atoms with Crippen molar-refractivity contribution in [3.05, 3.63) is 0 Å². The molecule has 0 aromatic carbocycles. The van der Waals surface area contributed by atoms with Crippen molar-refractivity contribution in [3.63, 3.8) is 0 Å². The number of likely N-dealkylation sites (tertiary alicyclic amines) is 1. The number of primary amides is 1. The van der Waals surface area contributed by atoms with Crippen molar-refractivity contribution in [2.45, 2.75) is 63.5 Å². The van der Waals surface area contributed by atoms with Gasteiger partial charge in [-0.3, -0.25) is 4.79 Å². The standard InChI is InChI=1S/C16H29N3O3/c1-22-15(20)8-7-12-9-14(11-19(10-12)16(17)21)18-13-5-3-2-4-6-13/h12-14,18H,2-11H2,1H3,(H2,17,21). The van der Waals surface area contributed by atoms with Gasteiger partial charge >= 0.3 is 12.0 Å². The SMILES string of the molecule is COC(=O)CCC1CC(NC2CCCCC2)CN(C(N)=O)C1. The molecule has 2 rings (SSSR count). The highest BCUT2D eigenvalue weighted by Gasteiger charge is 2.30. The van der Waals surface area contributed by atoms with Crippen LogP contribution in [0.5, 0.6) is 0 Å². The summed E-state index contributed by atoms with van der Waals surface area (Å²) in [5.74, 6) is 0.120. The lowest BCUT2D eigenvalue weighted by atomic mass is 9.88. The first-order chi connectivity index (χ1) is 10.6. The summed E-state index contributed by atoms with van der Waals surface area (Å²) in [4.78, 5) is 24.6. The summed E-state index contributed by atoms with van der Waals surface area (Å²) in [6.45, 7) is 1.33. The van der Waals surface area contributed by atoms with Crippen LogP contribution in [0.2, 0.25) is 0 Å². The van der Waals surface area contributed by atoms with Gasteiger partial charge in [-0.1, -0.05) is 19.3 Å². The number of nitrogens with zero attached hydrogens (tertiary/aromatic N) is 1. The van der Waals surface area contributed by atoms with Crippen molar-refractivity contribution in [1.29, 1.82) is 0 Å². The van der Waals surface area contributed by atoms with Crippen molar-refractivity contribution in [1.82, 2.24) is 10.2 Å². The Labute approximate surface area is 132 Å². The molecule has 126 valence electrons. The lowest BCUT2D eigenvalue weighted by Gasteiger charge is -2.39. The molecule has 0 bridgehead atoms. The lowest BCUT2D eigenvalue weighted by molar-refractivity contribution is -0.141. The number of methoxy groups -OCH3 is 1. The van der Waals surface area contributed by atoms with Crippen molar-refractivity contribution in [2.24, 2.45) is 11.7 Å². The first-order valence-corrected chi connectivity index (χ1v) is 8.45. The normalized spacial score (nSPS) is 26.7. The molecule has 22 heavy (non-hydrogen) atoms. The summed E-state index contributed by atoms with van der Waals surface area (Å²) in [5.41, 5.74) is 5.47. The molecule has 6 heteroatoms. The van der Waals surface area contributed by atoms with Crippen molar-refractivity contribution < 1.29 is 14.3 Å². The molecule has 0 spiro atoms. The largest absolute Gasteiger partial charge is 0.469 e. The Kier molecular flexibility index (Phi) is 6.49. The topological polar surface area (TPSA) is 84.7 Å². The number of carbonyl (C=O) groups is 2. The summed E-state index contributed by atoms with van der Waals surface area (Å²) in [7, 11) is 1.41. The summed E-state index contributed by atoms with van der Waals surface area (Å²) < 4.78 is 4.70. The van der Waals surface area contributed by atoms with Crippen molar-refractivity contribution >= 4 is 12.0 Å². The summed E-state index contributed by atoms with van der Waals surface area (Å²) in [6.07, 6.45) is 8.50. The molecule has 1 saturated heterocycles. The predicted octanol–water partition coefficient (Wildman–Crippen LogP) is 1.63. The van der Waals surface area contributed by atoms with E-state index in [0.29, 0.717) is 31.5 Å². The first-order valence-electron chi connectivity index (χ1n) is 8.45. The number of ether oxygens (including phenoxy) is 1. The number of esters is 1. The van der Waals surface area contributed by atoms with Gasteiger partial charge in [0.25, 0.3) is 0 Å². The molecule has 0 aromatic heterocycles. The number of hydrogen-bond acceptors (Lipinski definition) is 4. The average molecular weight is 311 g/mol. The van der Waals surface area contributed by atoms with Crippen LogP contribution in [0.3, 0.4) is 0 Å². The van der Waals surface area contributed by atoms with Crippen molar-refractivity contribution in [2.75, 3.05) is 20.2 Å². The summed E-state index contributed by atoms with van der Waals surface area (Å²) in [5, 5.41) is 3.71. The third-order valence-electron chi connectivity index (χ3n) is 4.91. The second-order valence-electron chi connectivity index (χ2n) is 6.66. The van der Waals surface area contributed by atoms with E-state index in [1.807, 2.05) is 0 Å². The van der Waals surface area contributed by atoms with E-state index >= 15 is 0 Å². The Morgan fingerprint density at radius 2 is 1.91 bits per heavy atom. The number of carbonyl (C=O) groups excluding carboxylic acids is 2. The van der Waals surface area contributed by atoms with E-state index in [1.54, 1.807) is 4.90 Å². The van der Waals surface area contributed by atoms with Gasteiger partial charge in [0.2, 0.25) is 0 Å². The third-order valence-corrected chi connectivity index (χ3v) is 4.91. The molecule has 2 aliphatic rings. The van der Waals surface area contributed by atoms with E-state index in [9.17, 15) is 9.59 Å². The number of piperidine rings is 1. The van der Waals surface area contributed by atoms with Crippen LogP contribution in [0.1, 0.15) is 51.4 Å². The van der Waals surface area contributed by atoms with Crippen LogP contribution in [-0.4, -0.2) is 49.2 Å². The van der Waals surface area contributed by atoms with E-state index in [2.05, 4.69) is 5.32 Å². The minimum Gasteiger partial charge on any atom is -0.469 e. The van der Waals surface area contributed by atoms with Crippen LogP contribution in [0.15, 0.2) is 0 Å². The van der Waals surface area contributed by atoms with Gasteiger partial charge in [-0.2, -0.15) is 0 Å². The highest BCUT2D eigenvalue weighted by Crippen LogP contribution is 2.24. The molecule has 6 nitrogen and oxygen atoms in total. The maximum atomic E-state index is 11.6. The van der Waals surface area contributed by atoms with Crippen LogP contribution in [0, 0.1) is 5.92 Å². The van der Waals surface area contributed by atoms with E-state index in [-0.39, 0.29) is 18.0 Å². The molecular formula is C16H29N3O3. The fourth-order valence-electron chi connectivity index (χ4n) is 3.74. The van der Waals surface area contributed by atoms with Crippen LogP contribution < -0.4 is 11.1 Å². The zero-order chi connectivity index (χ0) is 15.9. The number of nitrogens with two attached hydrogens (primary N) is 1. The quantitative estimate of drug-likeness (QED) is 0.756. The predicted molar refractivity (Wildman–Crippen MR) is 84.3 cm³/mol. The van der Waals surface area contributed by atoms with Gasteiger partial charge in [-0.05, 0) is 31.6 Å². The van der Waals surface area contributed by atoms with Crippen LogP contribution in [0.25, 0.3) is 0 Å². The van der Waals surface area contributed by atoms with Crippen molar-refractivity contribution in [3.8, 4) is 0 Å². The van der Waals surface area contributed by atoms with E-state index in [0.717, 1.165) is 12.8 Å². The number of nitrogens with one attached hydrogen (secondary N) is 1. The maximum absolute atomic E-state index is 11.6. The third kappa shape index (κ3) is 5.16. The summed E-state index contributed by atoms with van der Waals surface area (Å²) >= 11 is 0. The van der Waals surface area contributed by atoms with E-state index < -0.39 is 0 Å². The van der Waals surface area contributed by atoms with Crippen LogP contribution in [-0.2, 0) is 9.53 Å². The van der Waals surface area contributed by atoms with Gasteiger partial charge in [-0.15, -0.1) is 0 Å². The van der Waals surface area contributed by atoms with Gasteiger partial charge in [-0.25, -0.2) is 4.79 Å². The van der Waals surface area contributed by atoms with Crippen LogP contribution >= 0.6 is 0 Å². The number of hydrogen-bond donors (Lipinski definition) is 2. The van der Waals surface area contributed by atoms with Gasteiger partial charge in [0.1, 0.15) is 0 Å². The smallest absolute Gasteiger partial charge is 0.314 e. The molecular weight excluding hydrogens is 282 g/mol. The fraction of sp³-hybridized carbons (Fsp3) is 0.875. The zero-order valence-electron chi connectivity index (χ0n) is 13.6. The molecule has 0 aromatic rings. The number of rotatable bonds is 5. The Morgan fingerprint density at radius 3 is 2.55 bits per heavy atom. The van der Waals surface area contributed by atoms with Crippen LogP contribution in [0.4, 0.5) is 4.79 Å².